The molecule has 1 N–H and O–H groups in total. The molecule has 100 valence electrons. The molecule has 0 saturated heterocycles. The highest BCUT2D eigenvalue weighted by Gasteiger charge is 2.17. The molecule has 0 fully saturated rings. The summed E-state index contributed by atoms with van der Waals surface area (Å²) in [6.07, 6.45) is -0.250. The van der Waals surface area contributed by atoms with Crippen molar-refractivity contribution >= 4 is 37.8 Å². The van der Waals surface area contributed by atoms with Crippen molar-refractivity contribution in [3.63, 3.8) is 0 Å². The molecule has 1 unspecified atom stereocenters. The van der Waals surface area contributed by atoms with Crippen LogP contribution in [0.5, 0.6) is 5.75 Å². The summed E-state index contributed by atoms with van der Waals surface area (Å²) >= 11 is 6.77. The third-order valence-electron chi connectivity index (χ3n) is 2.30. The second-order valence-electron chi connectivity index (χ2n) is 3.72. The second-order valence-corrected chi connectivity index (χ2v) is 5.49. The van der Waals surface area contributed by atoms with Crippen LogP contribution in [0.1, 0.15) is 12.5 Å². The van der Waals surface area contributed by atoms with Crippen molar-refractivity contribution in [1.29, 1.82) is 0 Å². The Labute approximate surface area is 123 Å². The summed E-state index contributed by atoms with van der Waals surface area (Å²) in [5, 5.41) is 8.88. The number of ether oxygens (including phenoxy) is 2. The average molecular weight is 382 g/mol. The van der Waals surface area contributed by atoms with Gasteiger partial charge in [0.15, 0.2) is 6.10 Å². The molecular weight excluding hydrogens is 368 g/mol. The van der Waals surface area contributed by atoms with E-state index in [0.29, 0.717) is 18.8 Å². The quantitative estimate of drug-likeness (QED) is 0.821. The number of hydrogen-bond acceptors (Lipinski definition) is 3. The van der Waals surface area contributed by atoms with Gasteiger partial charge >= 0.3 is 5.97 Å². The fourth-order valence-electron chi connectivity index (χ4n) is 1.37. The Kier molecular flexibility index (Phi) is 6.11. The molecular formula is C12H14Br2O4. The molecule has 0 radical (unpaired) electrons. The lowest BCUT2D eigenvalue weighted by atomic mass is 10.1. The van der Waals surface area contributed by atoms with Crippen molar-refractivity contribution in [3.8, 4) is 5.75 Å². The van der Waals surface area contributed by atoms with Crippen molar-refractivity contribution in [2.75, 3.05) is 13.7 Å². The van der Waals surface area contributed by atoms with E-state index in [-0.39, 0.29) is 0 Å². The van der Waals surface area contributed by atoms with Crippen LogP contribution in [0.3, 0.4) is 0 Å². The zero-order chi connectivity index (χ0) is 13.7. The predicted molar refractivity (Wildman–Crippen MR) is 75.1 cm³/mol. The zero-order valence-electron chi connectivity index (χ0n) is 10.1. The number of methoxy groups -OCH3 is 1. The molecule has 0 aromatic heterocycles. The molecule has 1 aromatic rings. The molecule has 0 heterocycles. The average Bonchev–Trinajstić information content (AvgIpc) is 2.29. The van der Waals surface area contributed by atoms with Crippen LogP contribution < -0.4 is 4.74 Å². The van der Waals surface area contributed by atoms with Crippen LogP contribution in [-0.2, 0) is 16.0 Å². The lowest BCUT2D eigenvalue weighted by Gasteiger charge is -2.16. The molecule has 0 saturated carbocycles. The second kappa shape index (κ2) is 7.11. The van der Waals surface area contributed by atoms with Crippen LogP contribution in [-0.4, -0.2) is 30.9 Å². The molecule has 0 aliphatic carbocycles. The Balaban J connectivity index is 3.02. The van der Waals surface area contributed by atoms with Gasteiger partial charge in [0.1, 0.15) is 5.75 Å². The van der Waals surface area contributed by atoms with E-state index in [0.717, 1.165) is 14.5 Å². The summed E-state index contributed by atoms with van der Waals surface area (Å²) in [5.41, 5.74) is 0.895. The minimum absolute atomic E-state index is 0.542. The third-order valence-corrected chi connectivity index (χ3v) is 3.35. The SMILES string of the molecule is COCCc1cc(Br)cc(Br)c1OC(C)C(=O)O. The van der Waals surface area contributed by atoms with Gasteiger partial charge in [-0.3, -0.25) is 0 Å². The zero-order valence-corrected chi connectivity index (χ0v) is 13.2. The van der Waals surface area contributed by atoms with E-state index in [4.69, 9.17) is 14.6 Å². The molecule has 0 spiro atoms. The molecule has 0 aliphatic rings. The van der Waals surface area contributed by atoms with Gasteiger partial charge in [-0.25, -0.2) is 4.79 Å². The number of rotatable bonds is 6. The number of aliphatic carboxylic acids is 1. The van der Waals surface area contributed by atoms with Crippen molar-refractivity contribution in [2.24, 2.45) is 0 Å². The number of halogens is 2. The van der Waals surface area contributed by atoms with Gasteiger partial charge in [0, 0.05) is 11.6 Å². The molecule has 4 nitrogen and oxygen atoms in total. The number of carboxylic acid groups (broad SMARTS) is 1. The highest BCUT2D eigenvalue weighted by atomic mass is 79.9. The maximum absolute atomic E-state index is 10.8. The topological polar surface area (TPSA) is 55.8 Å². The van der Waals surface area contributed by atoms with Gasteiger partial charge in [0.2, 0.25) is 0 Å². The van der Waals surface area contributed by atoms with Crippen LogP contribution in [0.4, 0.5) is 0 Å². The summed E-state index contributed by atoms with van der Waals surface area (Å²) < 4.78 is 12.1. The van der Waals surface area contributed by atoms with E-state index in [9.17, 15) is 4.79 Å². The van der Waals surface area contributed by atoms with Crippen LogP contribution in [0.2, 0.25) is 0 Å². The number of benzene rings is 1. The Bertz CT molecular complexity index is 434. The fourth-order valence-corrected chi connectivity index (χ4v) is 2.78. The van der Waals surface area contributed by atoms with Gasteiger partial charge in [0.25, 0.3) is 0 Å². The highest BCUT2D eigenvalue weighted by Crippen LogP contribution is 2.34. The molecule has 1 atom stereocenters. The van der Waals surface area contributed by atoms with Crippen LogP contribution in [0, 0.1) is 0 Å². The molecule has 1 aromatic carbocycles. The van der Waals surface area contributed by atoms with E-state index in [1.807, 2.05) is 12.1 Å². The predicted octanol–water partition coefficient (Wildman–Crippen LogP) is 3.25. The fraction of sp³-hybridized carbons (Fsp3) is 0.417. The van der Waals surface area contributed by atoms with E-state index >= 15 is 0 Å². The Hall–Kier alpha value is -0.590. The Morgan fingerprint density at radius 3 is 2.67 bits per heavy atom. The van der Waals surface area contributed by atoms with Crippen LogP contribution in [0.15, 0.2) is 21.1 Å². The van der Waals surface area contributed by atoms with Crippen LogP contribution >= 0.6 is 31.9 Å². The highest BCUT2D eigenvalue weighted by molar-refractivity contribution is 9.11. The molecule has 0 aliphatic heterocycles. The summed E-state index contributed by atoms with van der Waals surface area (Å²) in [6.45, 7) is 2.04. The minimum Gasteiger partial charge on any atom is -0.479 e. The molecule has 1 rings (SSSR count). The molecule has 0 amide bonds. The monoisotopic (exact) mass is 380 g/mol. The maximum atomic E-state index is 10.8. The summed E-state index contributed by atoms with van der Waals surface area (Å²) in [7, 11) is 1.62. The standard InChI is InChI=1S/C12H14Br2O4/c1-7(12(15)16)18-11-8(3-4-17-2)5-9(13)6-10(11)14/h5-7H,3-4H2,1-2H3,(H,15,16). The van der Waals surface area contributed by atoms with Gasteiger partial charge in [-0.1, -0.05) is 15.9 Å². The third kappa shape index (κ3) is 4.26. The van der Waals surface area contributed by atoms with Gasteiger partial charge in [-0.05, 0) is 47.0 Å². The maximum Gasteiger partial charge on any atom is 0.344 e. The van der Waals surface area contributed by atoms with Crippen molar-refractivity contribution in [2.45, 2.75) is 19.4 Å². The van der Waals surface area contributed by atoms with E-state index < -0.39 is 12.1 Å². The molecule has 18 heavy (non-hydrogen) atoms. The van der Waals surface area contributed by atoms with Crippen LogP contribution in [0.25, 0.3) is 0 Å². The number of hydrogen-bond donors (Lipinski definition) is 1. The summed E-state index contributed by atoms with van der Waals surface area (Å²) in [4.78, 5) is 10.8. The van der Waals surface area contributed by atoms with E-state index in [1.54, 1.807) is 7.11 Å². The Morgan fingerprint density at radius 2 is 2.11 bits per heavy atom. The van der Waals surface area contributed by atoms with Gasteiger partial charge in [-0.2, -0.15) is 0 Å². The number of carbonyl (C=O) groups is 1. The van der Waals surface area contributed by atoms with Gasteiger partial charge < -0.3 is 14.6 Å². The van der Waals surface area contributed by atoms with Crippen molar-refractivity contribution < 1.29 is 19.4 Å². The Morgan fingerprint density at radius 1 is 1.44 bits per heavy atom. The normalized spacial score (nSPS) is 12.2. The van der Waals surface area contributed by atoms with E-state index in [1.165, 1.54) is 6.92 Å². The first-order chi connectivity index (χ1) is 8.45. The number of carboxylic acids is 1. The summed E-state index contributed by atoms with van der Waals surface area (Å²) in [5.74, 6) is -0.451. The largest absolute Gasteiger partial charge is 0.479 e. The summed E-state index contributed by atoms with van der Waals surface area (Å²) in [6, 6.07) is 3.72. The van der Waals surface area contributed by atoms with Crippen molar-refractivity contribution in [1.82, 2.24) is 0 Å². The minimum atomic E-state index is -0.998. The first-order valence-electron chi connectivity index (χ1n) is 5.32. The first kappa shape index (κ1) is 15.5. The molecule has 6 heteroatoms. The van der Waals surface area contributed by atoms with Crippen molar-refractivity contribution in [3.05, 3.63) is 26.6 Å². The van der Waals surface area contributed by atoms with Gasteiger partial charge in [0.05, 0.1) is 11.1 Å². The lowest BCUT2D eigenvalue weighted by Crippen LogP contribution is -2.23. The smallest absolute Gasteiger partial charge is 0.344 e. The lowest BCUT2D eigenvalue weighted by molar-refractivity contribution is -0.144. The van der Waals surface area contributed by atoms with Gasteiger partial charge in [-0.15, -0.1) is 0 Å². The van der Waals surface area contributed by atoms with E-state index in [2.05, 4.69) is 31.9 Å². The molecule has 0 bridgehead atoms. The first-order valence-corrected chi connectivity index (χ1v) is 6.90.